The lowest BCUT2D eigenvalue weighted by atomic mass is 10.3. The summed E-state index contributed by atoms with van der Waals surface area (Å²) in [6.07, 6.45) is 0. The van der Waals surface area contributed by atoms with E-state index in [0.29, 0.717) is 5.69 Å². The molecule has 3 nitrogen and oxygen atoms in total. The number of hydrogen-bond donors (Lipinski definition) is 3. The van der Waals surface area contributed by atoms with Crippen LogP contribution in [0.5, 0.6) is 0 Å². The summed E-state index contributed by atoms with van der Waals surface area (Å²) in [4.78, 5) is 0. The number of halogens is 1. The van der Waals surface area contributed by atoms with Gasteiger partial charge in [0.1, 0.15) is 5.82 Å². The normalized spacial score (nSPS) is 9.42. The molecule has 0 aromatic heterocycles. The predicted octanol–water partition coefficient (Wildman–Crippen LogP) is 1.06. The molecule has 64 valence electrons. The number of anilines is 2. The van der Waals surface area contributed by atoms with E-state index in [9.17, 15) is 4.39 Å². The Bertz CT molecular complexity index is 314. The zero-order valence-corrected chi connectivity index (χ0v) is 6.99. The van der Waals surface area contributed by atoms with Crippen molar-refractivity contribution < 1.29 is 4.39 Å². The molecular formula is C7H8FN3S. The highest BCUT2D eigenvalue weighted by molar-refractivity contribution is 7.80. The van der Waals surface area contributed by atoms with E-state index in [1.807, 2.05) is 0 Å². The van der Waals surface area contributed by atoms with Gasteiger partial charge >= 0.3 is 0 Å². The molecule has 1 rings (SSSR count). The molecule has 0 bridgehead atoms. The summed E-state index contributed by atoms with van der Waals surface area (Å²) in [6.45, 7) is 0. The van der Waals surface area contributed by atoms with Crippen LogP contribution in [0.1, 0.15) is 0 Å². The van der Waals surface area contributed by atoms with Gasteiger partial charge in [0, 0.05) is 5.69 Å². The maximum Gasteiger partial charge on any atom is 0.168 e. The minimum Gasteiger partial charge on any atom is -0.396 e. The SMILES string of the molecule is NC(=S)Nc1ccc(N)c(F)c1. The number of nitrogens with one attached hydrogen (secondary N) is 1. The minimum atomic E-state index is -0.490. The van der Waals surface area contributed by atoms with Crippen LogP contribution in [0, 0.1) is 5.82 Å². The van der Waals surface area contributed by atoms with Crippen LogP contribution in [0.15, 0.2) is 18.2 Å². The summed E-state index contributed by atoms with van der Waals surface area (Å²) >= 11 is 4.57. The number of nitrogen functional groups attached to an aromatic ring is 1. The average Bonchev–Trinajstić information content (AvgIpc) is 1.96. The number of rotatable bonds is 1. The van der Waals surface area contributed by atoms with Crippen LogP contribution in [-0.2, 0) is 0 Å². The smallest absolute Gasteiger partial charge is 0.168 e. The van der Waals surface area contributed by atoms with E-state index in [-0.39, 0.29) is 10.8 Å². The Morgan fingerprint density at radius 3 is 2.67 bits per heavy atom. The Morgan fingerprint density at radius 2 is 2.17 bits per heavy atom. The Morgan fingerprint density at radius 1 is 1.50 bits per heavy atom. The Kier molecular flexibility index (Phi) is 2.44. The van der Waals surface area contributed by atoms with Crippen molar-refractivity contribution in [2.75, 3.05) is 11.1 Å². The van der Waals surface area contributed by atoms with E-state index in [0.717, 1.165) is 0 Å². The zero-order valence-electron chi connectivity index (χ0n) is 6.17. The van der Waals surface area contributed by atoms with Crippen LogP contribution in [0.4, 0.5) is 15.8 Å². The third-order valence-electron chi connectivity index (χ3n) is 1.27. The molecule has 1 aromatic rings. The van der Waals surface area contributed by atoms with E-state index in [4.69, 9.17) is 11.5 Å². The van der Waals surface area contributed by atoms with Crippen molar-refractivity contribution in [2.45, 2.75) is 0 Å². The van der Waals surface area contributed by atoms with Gasteiger partial charge < -0.3 is 16.8 Å². The van der Waals surface area contributed by atoms with Crippen molar-refractivity contribution in [1.29, 1.82) is 0 Å². The van der Waals surface area contributed by atoms with Gasteiger partial charge in [-0.3, -0.25) is 0 Å². The zero-order chi connectivity index (χ0) is 9.14. The van der Waals surface area contributed by atoms with Crippen LogP contribution in [0.2, 0.25) is 0 Å². The molecule has 0 radical (unpaired) electrons. The Hall–Kier alpha value is -1.36. The average molecular weight is 185 g/mol. The summed E-state index contributed by atoms with van der Waals surface area (Å²) in [6, 6.07) is 4.27. The second-order valence-electron chi connectivity index (χ2n) is 2.23. The third kappa shape index (κ3) is 2.06. The summed E-state index contributed by atoms with van der Waals surface area (Å²) in [7, 11) is 0. The number of benzene rings is 1. The number of thiocarbonyl (C=S) groups is 1. The Labute approximate surface area is 74.6 Å². The molecule has 12 heavy (non-hydrogen) atoms. The fraction of sp³-hybridized carbons (Fsp3) is 0. The van der Waals surface area contributed by atoms with Crippen LogP contribution >= 0.6 is 12.2 Å². The van der Waals surface area contributed by atoms with Gasteiger partial charge in [0.25, 0.3) is 0 Å². The molecule has 0 spiro atoms. The second kappa shape index (κ2) is 3.36. The first-order valence-electron chi connectivity index (χ1n) is 3.21. The highest BCUT2D eigenvalue weighted by Gasteiger charge is 1.99. The summed E-state index contributed by atoms with van der Waals surface area (Å²) in [5.41, 5.74) is 11.0. The van der Waals surface area contributed by atoms with Crippen molar-refractivity contribution in [2.24, 2.45) is 5.73 Å². The van der Waals surface area contributed by atoms with Crippen molar-refractivity contribution in [3.8, 4) is 0 Å². The van der Waals surface area contributed by atoms with E-state index < -0.39 is 5.82 Å². The standard InChI is InChI=1S/C7H8FN3S/c8-5-3-4(11-7(10)12)1-2-6(5)9/h1-3H,9H2,(H3,10,11,12). The van der Waals surface area contributed by atoms with Gasteiger partial charge in [-0.1, -0.05) is 0 Å². The number of hydrogen-bond acceptors (Lipinski definition) is 2. The first-order chi connectivity index (χ1) is 5.59. The van der Waals surface area contributed by atoms with Crippen molar-refractivity contribution >= 4 is 28.7 Å². The molecule has 1 aromatic carbocycles. The maximum absolute atomic E-state index is 12.8. The molecule has 0 saturated heterocycles. The lowest BCUT2D eigenvalue weighted by molar-refractivity contribution is 0.633. The van der Waals surface area contributed by atoms with Gasteiger partial charge in [0.05, 0.1) is 5.69 Å². The van der Waals surface area contributed by atoms with Gasteiger partial charge in [-0.15, -0.1) is 0 Å². The highest BCUT2D eigenvalue weighted by Crippen LogP contribution is 2.15. The summed E-state index contributed by atoms with van der Waals surface area (Å²) in [5, 5.41) is 2.68. The van der Waals surface area contributed by atoms with Crippen molar-refractivity contribution in [1.82, 2.24) is 0 Å². The minimum absolute atomic E-state index is 0.0965. The van der Waals surface area contributed by atoms with Gasteiger partial charge in [-0.2, -0.15) is 0 Å². The monoisotopic (exact) mass is 185 g/mol. The third-order valence-corrected chi connectivity index (χ3v) is 1.37. The molecule has 0 heterocycles. The topological polar surface area (TPSA) is 64.1 Å². The predicted molar refractivity (Wildman–Crippen MR) is 51.2 cm³/mol. The van der Waals surface area contributed by atoms with E-state index in [2.05, 4.69) is 17.5 Å². The van der Waals surface area contributed by atoms with E-state index >= 15 is 0 Å². The van der Waals surface area contributed by atoms with E-state index in [1.165, 1.54) is 12.1 Å². The molecule has 0 fully saturated rings. The highest BCUT2D eigenvalue weighted by atomic mass is 32.1. The fourth-order valence-electron chi connectivity index (χ4n) is 0.747. The van der Waals surface area contributed by atoms with E-state index in [1.54, 1.807) is 6.07 Å². The first-order valence-corrected chi connectivity index (χ1v) is 3.62. The van der Waals surface area contributed by atoms with Gasteiger partial charge in [-0.25, -0.2) is 4.39 Å². The lowest BCUT2D eigenvalue weighted by Crippen LogP contribution is -2.18. The molecule has 0 aliphatic heterocycles. The quantitative estimate of drug-likeness (QED) is 0.452. The molecule has 5 N–H and O–H groups in total. The maximum atomic E-state index is 12.8. The fourth-order valence-corrected chi connectivity index (χ4v) is 0.865. The van der Waals surface area contributed by atoms with Crippen LogP contribution in [0.3, 0.4) is 0 Å². The van der Waals surface area contributed by atoms with Crippen LogP contribution < -0.4 is 16.8 Å². The molecule has 0 aliphatic carbocycles. The molecule has 5 heteroatoms. The second-order valence-corrected chi connectivity index (χ2v) is 2.67. The van der Waals surface area contributed by atoms with Gasteiger partial charge in [0.15, 0.2) is 5.11 Å². The molecule has 0 unspecified atom stereocenters. The first kappa shape index (κ1) is 8.73. The molecule has 0 atom stereocenters. The summed E-state index contributed by atoms with van der Waals surface area (Å²) < 4.78 is 12.8. The largest absolute Gasteiger partial charge is 0.396 e. The molecular weight excluding hydrogens is 177 g/mol. The van der Waals surface area contributed by atoms with Crippen LogP contribution in [0.25, 0.3) is 0 Å². The molecule has 0 saturated carbocycles. The van der Waals surface area contributed by atoms with Gasteiger partial charge in [-0.05, 0) is 30.4 Å². The number of nitrogens with two attached hydrogens (primary N) is 2. The van der Waals surface area contributed by atoms with Crippen LogP contribution in [-0.4, -0.2) is 5.11 Å². The van der Waals surface area contributed by atoms with Crippen molar-refractivity contribution in [3.63, 3.8) is 0 Å². The van der Waals surface area contributed by atoms with Gasteiger partial charge in [0.2, 0.25) is 0 Å². The molecule has 0 aliphatic rings. The molecule has 0 amide bonds. The summed E-state index contributed by atoms with van der Waals surface area (Å²) in [5.74, 6) is -0.490. The lowest BCUT2D eigenvalue weighted by Gasteiger charge is -2.03. The van der Waals surface area contributed by atoms with Crippen molar-refractivity contribution in [3.05, 3.63) is 24.0 Å². The Balaban J connectivity index is 2.89.